The lowest BCUT2D eigenvalue weighted by atomic mass is 10.1. The van der Waals surface area contributed by atoms with E-state index in [1.165, 1.54) is 0 Å². The third-order valence-corrected chi connectivity index (χ3v) is 2.50. The molecule has 2 heterocycles. The van der Waals surface area contributed by atoms with Crippen molar-refractivity contribution in [3.63, 3.8) is 0 Å². The number of aromatic nitrogens is 2. The van der Waals surface area contributed by atoms with Gasteiger partial charge in [-0.25, -0.2) is 0 Å². The van der Waals surface area contributed by atoms with Gasteiger partial charge in [-0.05, 0) is 12.1 Å². The Bertz CT molecular complexity index is 522. The first kappa shape index (κ1) is 9.08. The lowest BCUT2D eigenvalue weighted by molar-refractivity contribution is 0.172. The Balaban J connectivity index is 2.18. The summed E-state index contributed by atoms with van der Waals surface area (Å²) >= 11 is 0. The zero-order valence-electron chi connectivity index (χ0n) is 8.56. The molecule has 1 aliphatic rings. The second kappa shape index (κ2) is 3.44. The van der Waals surface area contributed by atoms with E-state index in [2.05, 4.69) is 10.2 Å². The highest BCUT2D eigenvalue weighted by atomic mass is 16.6. The Morgan fingerprint density at radius 3 is 2.94 bits per heavy atom. The summed E-state index contributed by atoms with van der Waals surface area (Å²) in [5.41, 5.74) is 8.06. The number of para-hydroxylation sites is 1. The summed E-state index contributed by atoms with van der Waals surface area (Å²) in [5, 5.41) is 6.76. The second-order valence-electron chi connectivity index (χ2n) is 3.53. The zero-order chi connectivity index (χ0) is 11.0. The van der Waals surface area contributed by atoms with Crippen molar-refractivity contribution in [3.8, 4) is 22.8 Å². The fourth-order valence-corrected chi connectivity index (χ4v) is 1.78. The molecule has 0 spiro atoms. The lowest BCUT2D eigenvalue weighted by Gasteiger charge is -2.20. The predicted octanol–water partition coefficient (Wildman–Crippen LogP) is 1.43. The largest absolute Gasteiger partial charge is 0.486 e. The number of H-pyrrole nitrogens is 1. The van der Waals surface area contributed by atoms with Crippen molar-refractivity contribution < 1.29 is 9.47 Å². The number of benzene rings is 1. The topological polar surface area (TPSA) is 73.2 Å². The molecule has 16 heavy (non-hydrogen) atoms. The number of rotatable bonds is 1. The summed E-state index contributed by atoms with van der Waals surface area (Å²) < 4.78 is 11.1. The monoisotopic (exact) mass is 217 g/mol. The molecule has 0 radical (unpaired) electrons. The fourth-order valence-electron chi connectivity index (χ4n) is 1.78. The van der Waals surface area contributed by atoms with Crippen molar-refractivity contribution >= 4 is 5.69 Å². The van der Waals surface area contributed by atoms with E-state index >= 15 is 0 Å². The molecule has 0 amide bonds. The van der Waals surface area contributed by atoms with E-state index in [0.29, 0.717) is 18.9 Å². The maximum Gasteiger partial charge on any atom is 0.170 e. The third-order valence-electron chi connectivity index (χ3n) is 2.50. The highest BCUT2D eigenvalue weighted by molar-refractivity contribution is 5.79. The Kier molecular flexibility index (Phi) is 1.96. The van der Waals surface area contributed by atoms with Gasteiger partial charge in [-0.1, -0.05) is 6.07 Å². The van der Waals surface area contributed by atoms with Crippen LogP contribution in [0.15, 0.2) is 24.4 Å². The van der Waals surface area contributed by atoms with Crippen LogP contribution in [0.5, 0.6) is 11.5 Å². The zero-order valence-corrected chi connectivity index (χ0v) is 8.56. The summed E-state index contributed by atoms with van der Waals surface area (Å²) in [5.74, 6) is 1.47. The number of aromatic amines is 1. The van der Waals surface area contributed by atoms with Crippen LogP contribution in [0.4, 0.5) is 5.69 Å². The van der Waals surface area contributed by atoms with Gasteiger partial charge >= 0.3 is 0 Å². The first-order valence-electron chi connectivity index (χ1n) is 5.04. The number of ether oxygens (including phenoxy) is 2. The van der Waals surface area contributed by atoms with Crippen LogP contribution in [0.3, 0.4) is 0 Å². The van der Waals surface area contributed by atoms with Gasteiger partial charge < -0.3 is 15.2 Å². The van der Waals surface area contributed by atoms with E-state index < -0.39 is 0 Å². The third kappa shape index (κ3) is 1.29. The predicted molar refractivity (Wildman–Crippen MR) is 59.4 cm³/mol. The number of hydrogen-bond donors (Lipinski definition) is 2. The molecule has 0 atom stereocenters. The van der Waals surface area contributed by atoms with E-state index in [1.807, 2.05) is 18.2 Å². The number of fused-ring (bicyclic) bond motifs is 1. The molecular weight excluding hydrogens is 206 g/mol. The molecule has 1 aromatic carbocycles. The van der Waals surface area contributed by atoms with Crippen LogP contribution in [0.1, 0.15) is 0 Å². The van der Waals surface area contributed by atoms with Crippen LogP contribution >= 0.6 is 0 Å². The molecule has 0 fully saturated rings. The minimum Gasteiger partial charge on any atom is -0.486 e. The van der Waals surface area contributed by atoms with Crippen LogP contribution in [-0.2, 0) is 0 Å². The molecular formula is C11H11N3O2. The van der Waals surface area contributed by atoms with Crippen molar-refractivity contribution in [2.45, 2.75) is 0 Å². The first-order valence-corrected chi connectivity index (χ1v) is 5.04. The van der Waals surface area contributed by atoms with E-state index in [9.17, 15) is 0 Å². The highest BCUT2D eigenvalue weighted by Crippen LogP contribution is 2.40. The number of nitrogens with zero attached hydrogens (tertiary/aromatic N) is 1. The molecule has 5 heteroatoms. The Hall–Kier alpha value is -2.17. The van der Waals surface area contributed by atoms with Crippen molar-refractivity contribution in [2.24, 2.45) is 0 Å². The molecule has 3 rings (SSSR count). The van der Waals surface area contributed by atoms with Crippen molar-refractivity contribution in [1.82, 2.24) is 10.2 Å². The van der Waals surface area contributed by atoms with Crippen LogP contribution in [0.2, 0.25) is 0 Å². The molecule has 0 bridgehead atoms. The van der Waals surface area contributed by atoms with Crippen LogP contribution in [-0.4, -0.2) is 23.4 Å². The quantitative estimate of drug-likeness (QED) is 0.757. The average molecular weight is 217 g/mol. The molecule has 82 valence electrons. The second-order valence-corrected chi connectivity index (χ2v) is 3.53. The number of anilines is 1. The van der Waals surface area contributed by atoms with E-state index in [0.717, 1.165) is 22.8 Å². The van der Waals surface area contributed by atoms with E-state index in [4.69, 9.17) is 15.2 Å². The summed E-state index contributed by atoms with van der Waals surface area (Å²) in [6.07, 6.45) is 1.58. The molecule has 0 saturated carbocycles. The van der Waals surface area contributed by atoms with Crippen LogP contribution < -0.4 is 15.2 Å². The minimum absolute atomic E-state index is 0.554. The maximum atomic E-state index is 5.82. The first-order chi connectivity index (χ1) is 7.86. The average Bonchev–Trinajstić information content (AvgIpc) is 2.75. The van der Waals surface area contributed by atoms with E-state index in [1.54, 1.807) is 6.20 Å². The molecule has 0 aliphatic carbocycles. The van der Waals surface area contributed by atoms with Crippen molar-refractivity contribution in [3.05, 3.63) is 24.4 Å². The molecule has 0 unspecified atom stereocenters. The minimum atomic E-state index is 0.554. The van der Waals surface area contributed by atoms with Gasteiger partial charge in [0.1, 0.15) is 13.2 Å². The van der Waals surface area contributed by atoms with Gasteiger partial charge in [-0.15, -0.1) is 0 Å². The van der Waals surface area contributed by atoms with Gasteiger partial charge in [0.25, 0.3) is 0 Å². The van der Waals surface area contributed by atoms with Crippen molar-refractivity contribution in [2.75, 3.05) is 18.9 Å². The number of nitrogens with two attached hydrogens (primary N) is 1. The van der Waals surface area contributed by atoms with Gasteiger partial charge in [-0.3, -0.25) is 5.10 Å². The summed E-state index contributed by atoms with van der Waals surface area (Å²) in [6, 6.07) is 5.71. The molecule has 2 aromatic rings. The molecule has 5 nitrogen and oxygen atoms in total. The van der Waals surface area contributed by atoms with Gasteiger partial charge in [0.15, 0.2) is 11.5 Å². The SMILES string of the molecule is Nc1cn[nH]c1-c1cccc2c1OCCO2. The Morgan fingerprint density at radius 1 is 1.25 bits per heavy atom. The highest BCUT2D eigenvalue weighted by Gasteiger charge is 2.18. The molecule has 1 aromatic heterocycles. The number of nitrogen functional groups attached to an aromatic ring is 1. The van der Waals surface area contributed by atoms with Crippen LogP contribution in [0.25, 0.3) is 11.3 Å². The molecule has 0 saturated heterocycles. The molecule has 3 N–H and O–H groups in total. The van der Waals surface area contributed by atoms with Crippen LogP contribution in [0, 0.1) is 0 Å². The van der Waals surface area contributed by atoms with E-state index in [-0.39, 0.29) is 0 Å². The number of hydrogen-bond acceptors (Lipinski definition) is 4. The van der Waals surface area contributed by atoms with Crippen molar-refractivity contribution in [1.29, 1.82) is 0 Å². The molecule has 1 aliphatic heterocycles. The smallest absolute Gasteiger partial charge is 0.170 e. The summed E-state index contributed by atoms with van der Waals surface area (Å²) in [4.78, 5) is 0. The maximum absolute atomic E-state index is 5.82. The Labute approximate surface area is 92.2 Å². The standard InChI is InChI=1S/C11H11N3O2/c12-8-6-13-14-10(8)7-2-1-3-9-11(7)16-5-4-15-9/h1-3,6H,4-5,12H2,(H,13,14). The summed E-state index contributed by atoms with van der Waals surface area (Å²) in [6.45, 7) is 1.13. The Morgan fingerprint density at radius 2 is 2.12 bits per heavy atom. The normalized spacial score (nSPS) is 13.8. The van der Waals surface area contributed by atoms with Gasteiger partial charge in [0.2, 0.25) is 0 Å². The van der Waals surface area contributed by atoms with Gasteiger partial charge in [-0.2, -0.15) is 5.10 Å². The summed E-state index contributed by atoms with van der Waals surface area (Å²) in [7, 11) is 0. The van der Waals surface area contributed by atoms with Gasteiger partial charge in [0.05, 0.1) is 17.6 Å². The van der Waals surface area contributed by atoms with Gasteiger partial charge in [0, 0.05) is 5.56 Å². The lowest BCUT2D eigenvalue weighted by Crippen LogP contribution is -2.15. The fraction of sp³-hybridized carbons (Fsp3) is 0.182. The number of nitrogens with one attached hydrogen (secondary N) is 1.